The number of amides is 1. The maximum atomic E-state index is 12.1. The van der Waals surface area contributed by atoms with Crippen LogP contribution in [0.2, 0.25) is 0 Å². The van der Waals surface area contributed by atoms with Crippen molar-refractivity contribution in [1.82, 2.24) is 20.3 Å². The van der Waals surface area contributed by atoms with Crippen molar-refractivity contribution in [2.24, 2.45) is 0 Å². The molecule has 7 heteroatoms. The van der Waals surface area contributed by atoms with Gasteiger partial charge in [0.2, 0.25) is 5.91 Å². The first-order chi connectivity index (χ1) is 13.6. The van der Waals surface area contributed by atoms with Crippen LogP contribution in [0.25, 0.3) is 0 Å². The zero-order valence-electron chi connectivity index (χ0n) is 16.1. The number of anilines is 3. The van der Waals surface area contributed by atoms with Crippen molar-refractivity contribution in [3.63, 3.8) is 0 Å². The summed E-state index contributed by atoms with van der Waals surface area (Å²) in [5.74, 6) is 2.72. The first-order valence-corrected chi connectivity index (χ1v) is 9.18. The van der Waals surface area contributed by atoms with Gasteiger partial charge in [-0.3, -0.25) is 4.79 Å². The lowest BCUT2D eigenvalue weighted by molar-refractivity contribution is -0.120. The Labute approximate surface area is 164 Å². The molecule has 0 aliphatic heterocycles. The second-order valence-corrected chi connectivity index (χ2v) is 6.47. The summed E-state index contributed by atoms with van der Waals surface area (Å²) in [6, 6.07) is 15.4. The summed E-state index contributed by atoms with van der Waals surface area (Å²) >= 11 is 0. The van der Waals surface area contributed by atoms with Crippen molar-refractivity contribution in [2.75, 3.05) is 23.7 Å². The third kappa shape index (κ3) is 6.05. The Balaban J connectivity index is 1.47. The van der Waals surface area contributed by atoms with Gasteiger partial charge in [0.15, 0.2) is 0 Å². The van der Waals surface area contributed by atoms with Gasteiger partial charge in [0.1, 0.15) is 23.3 Å². The Kier molecular flexibility index (Phi) is 6.51. The molecule has 7 nitrogen and oxygen atoms in total. The second-order valence-electron chi connectivity index (χ2n) is 6.47. The normalized spacial score (nSPS) is 10.4. The van der Waals surface area contributed by atoms with Crippen LogP contribution in [-0.4, -0.2) is 33.9 Å². The fourth-order valence-electron chi connectivity index (χ4n) is 2.75. The summed E-state index contributed by atoms with van der Waals surface area (Å²) in [5, 5.41) is 9.29. The highest BCUT2D eigenvalue weighted by molar-refractivity contribution is 5.78. The highest BCUT2D eigenvalue weighted by Crippen LogP contribution is 2.15. The molecule has 144 valence electrons. The van der Waals surface area contributed by atoms with Crippen molar-refractivity contribution >= 4 is 23.4 Å². The number of benzene rings is 1. The van der Waals surface area contributed by atoms with Gasteiger partial charge in [-0.15, -0.1) is 0 Å². The van der Waals surface area contributed by atoms with E-state index < -0.39 is 0 Å². The highest BCUT2D eigenvalue weighted by atomic mass is 16.1. The van der Waals surface area contributed by atoms with Gasteiger partial charge in [0.05, 0.1) is 6.42 Å². The van der Waals surface area contributed by atoms with Gasteiger partial charge in [-0.05, 0) is 31.5 Å². The van der Waals surface area contributed by atoms with E-state index in [4.69, 9.17) is 0 Å². The van der Waals surface area contributed by atoms with Crippen LogP contribution < -0.4 is 16.0 Å². The number of pyridine rings is 1. The first kappa shape index (κ1) is 19.3. The van der Waals surface area contributed by atoms with E-state index in [0.717, 1.165) is 16.9 Å². The minimum Gasteiger partial charge on any atom is -0.368 e. The van der Waals surface area contributed by atoms with Crippen molar-refractivity contribution < 1.29 is 4.79 Å². The first-order valence-electron chi connectivity index (χ1n) is 9.18. The average molecular weight is 376 g/mol. The molecule has 0 radical (unpaired) electrons. The smallest absolute Gasteiger partial charge is 0.224 e. The van der Waals surface area contributed by atoms with Gasteiger partial charge >= 0.3 is 0 Å². The summed E-state index contributed by atoms with van der Waals surface area (Å²) in [7, 11) is 0. The fraction of sp³-hybridized carbons (Fsp3) is 0.238. The zero-order valence-corrected chi connectivity index (χ0v) is 16.1. The molecule has 1 amide bonds. The number of hydrogen-bond donors (Lipinski definition) is 3. The minimum atomic E-state index is 0.00350. The minimum absolute atomic E-state index is 0.00350. The maximum Gasteiger partial charge on any atom is 0.224 e. The third-order valence-electron chi connectivity index (χ3n) is 3.96. The molecule has 0 unspecified atom stereocenters. The molecule has 2 aromatic heterocycles. The van der Waals surface area contributed by atoms with E-state index in [1.165, 1.54) is 0 Å². The molecule has 0 aliphatic rings. The van der Waals surface area contributed by atoms with Crippen LogP contribution in [0.1, 0.15) is 17.0 Å². The van der Waals surface area contributed by atoms with Crippen molar-refractivity contribution in [3.05, 3.63) is 71.7 Å². The van der Waals surface area contributed by atoms with E-state index in [0.29, 0.717) is 37.0 Å². The summed E-state index contributed by atoms with van der Waals surface area (Å²) in [6.45, 7) is 4.93. The number of carbonyl (C=O) groups is 1. The standard InChI is InChI=1S/C21H24N6O/c1-15-6-5-7-17(12-15)13-21(28)24-11-10-23-19-14-20(26-16(2)25-19)27-18-8-3-4-9-22-18/h3-9,12,14H,10-11,13H2,1-2H3,(H,24,28)(H2,22,23,25,26,27). The van der Waals surface area contributed by atoms with Crippen LogP contribution in [0, 0.1) is 13.8 Å². The number of nitrogens with one attached hydrogen (secondary N) is 3. The summed E-state index contributed by atoms with van der Waals surface area (Å²) < 4.78 is 0. The lowest BCUT2D eigenvalue weighted by Gasteiger charge is -2.10. The molecule has 0 saturated heterocycles. The average Bonchev–Trinajstić information content (AvgIpc) is 2.66. The number of rotatable bonds is 8. The SMILES string of the molecule is Cc1cccc(CC(=O)NCCNc2cc(Nc3ccccn3)nc(C)n2)c1. The molecule has 3 aromatic rings. The van der Waals surface area contributed by atoms with E-state index in [1.807, 2.05) is 62.4 Å². The summed E-state index contributed by atoms with van der Waals surface area (Å²) in [6.07, 6.45) is 2.10. The molecule has 0 spiro atoms. The highest BCUT2D eigenvalue weighted by Gasteiger charge is 2.05. The van der Waals surface area contributed by atoms with Crippen LogP contribution in [-0.2, 0) is 11.2 Å². The van der Waals surface area contributed by atoms with Gasteiger partial charge in [-0.2, -0.15) is 0 Å². The van der Waals surface area contributed by atoms with Crippen molar-refractivity contribution in [3.8, 4) is 0 Å². The molecule has 3 rings (SSSR count). The molecule has 3 N–H and O–H groups in total. The molecular formula is C21H24N6O. The quantitative estimate of drug-likeness (QED) is 0.524. The van der Waals surface area contributed by atoms with E-state index in [9.17, 15) is 4.79 Å². The maximum absolute atomic E-state index is 12.1. The molecule has 0 atom stereocenters. The third-order valence-corrected chi connectivity index (χ3v) is 3.96. The van der Waals surface area contributed by atoms with Gasteiger partial charge in [-0.25, -0.2) is 15.0 Å². The number of aromatic nitrogens is 3. The van der Waals surface area contributed by atoms with Gasteiger partial charge in [0, 0.05) is 25.4 Å². The van der Waals surface area contributed by atoms with E-state index in [-0.39, 0.29) is 5.91 Å². The molecule has 2 heterocycles. The predicted octanol–water partition coefficient (Wildman–Crippen LogP) is 3.00. The number of hydrogen-bond acceptors (Lipinski definition) is 6. The summed E-state index contributed by atoms with van der Waals surface area (Å²) in [4.78, 5) is 25.0. The van der Waals surface area contributed by atoms with E-state index in [2.05, 4.69) is 30.9 Å². The van der Waals surface area contributed by atoms with Gasteiger partial charge < -0.3 is 16.0 Å². The topological polar surface area (TPSA) is 91.8 Å². The van der Waals surface area contributed by atoms with Crippen LogP contribution in [0.15, 0.2) is 54.7 Å². The molecule has 0 fully saturated rings. The van der Waals surface area contributed by atoms with Crippen LogP contribution >= 0.6 is 0 Å². The van der Waals surface area contributed by atoms with Crippen LogP contribution in [0.4, 0.5) is 17.5 Å². The van der Waals surface area contributed by atoms with Crippen molar-refractivity contribution in [2.45, 2.75) is 20.3 Å². The van der Waals surface area contributed by atoms with Gasteiger partial charge in [-0.1, -0.05) is 35.9 Å². The van der Waals surface area contributed by atoms with Gasteiger partial charge in [0.25, 0.3) is 0 Å². The Morgan fingerprint density at radius 3 is 2.57 bits per heavy atom. The molecule has 28 heavy (non-hydrogen) atoms. The Bertz CT molecular complexity index is 929. The van der Waals surface area contributed by atoms with Crippen LogP contribution in [0.5, 0.6) is 0 Å². The molecule has 1 aromatic carbocycles. The number of nitrogens with zero attached hydrogens (tertiary/aromatic N) is 3. The second kappa shape index (κ2) is 9.45. The monoisotopic (exact) mass is 376 g/mol. The van der Waals surface area contributed by atoms with Crippen molar-refractivity contribution in [1.29, 1.82) is 0 Å². The van der Waals surface area contributed by atoms with Crippen LogP contribution in [0.3, 0.4) is 0 Å². The lowest BCUT2D eigenvalue weighted by Crippen LogP contribution is -2.30. The lowest BCUT2D eigenvalue weighted by atomic mass is 10.1. The number of carbonyl (C=O) groups excluding carboxylic acids is 1. The predicted molar refractivity (Wildman–Crippen MR) is 111 cm³/mol. The number of aryl methyl sites for hydroxylation is 2. The molecular weight excluding hydrogens is 352 g/mol. The largest absolute Gasteiger partial charge is 0.368 e. The Hall–Kier alpha value is -3.48. The van der Waals surface area contributed by atoms with E-state index >= 15 is 0 Å². The molecule has 0 bridgehead atoms. The fourth-order valence-corrected chi connectivity index (χ4v) is 2.75. The summed E-state index contributed by atoms with van der Waals surface area (Å²) in [5.41, 5.74) is 2.17. The molecule has 0 aliphatic carbocycles. The Morgan fingerprint density at radius 1 is 0.929 bits per heavy atom. The zero-order chi connectivity index (χ0) is 19.8. The van der Waals surface area contributed by atoms with E-state index in [1.54, 1.807) is 6.20 Å². The Morgan fingerprint density at radius 2 is 1.79 bits per heavy atom. The molecule has 0 saturated carbocycles.